The minimum Gasteiger partial charge on any atom is -0.394 e. The summed E-state index contributed by atoms with van der Waals surface area (Å²) in [6.07, 6.45) is 88.3. The van der Waals surface area contributed by atoms with Gasteiger partial charge in [-0.2, -0.15) is 0 Å². The molecule has 0 aliphatic heterocycles. The maximum Gasteiger partial charge on any atom is 0.220 e. The first kappa shape index (κ1) is 65.0. The summed E-state index contributed by atoms with van der Waals surface area (Å²) >= 11 is 0. The highest BCUT2D eigenvalue weighted by Gasteiger charge is 2.17. The largest absolute Gasteiger partial charge is 0.394 e. The minimum absolute atomic E-state index is 0.108. The van der Waals surface area contributed by atoms with Gasteiger partial charge in [0, 0.05) is 6.42 Å². The maximum absolute atomic E-state index is 12.5. The van der Waals surface area contributed by atoms with Crippen LogP contribution in [0.4, 0.5) is 0 Å². The van der Waals surface area contributed by atoms with Crippen LogP contribution in [0.1, 0.15) is 271 Å². The van der Waals surface area contributed by atoms with E-state index >= 15 is 0 Å². The van der Waals surface area contributed by atoms with Gasteiger partial charge in [0.2, 0.25) is 5.91 Å². The van der Waals surface area contributed by atoms with Crippen LogP contribution in [0.3, 0.4) is 0 Å². The molecule has 0 aromatic carbocycles. The molecule has 0 aromatic rings. The number of unbranched alkanes of at least 4 members (excludes halogenated alkanes) is 29. The lowest BCUT2D eigenvalue weighted by molar-refractivity contribution is -0.123. The number of carbonyl (C=O) groups excluding carboxylic acids is 1. The molecule has 390 valence electrons. The van der Waals surface area contributed by atoms with Gasteiger partial charge in [-0.05, 0) is 89.9 Å². The van der Waals surface area contributed by atoms with E-state index in [2.05, 4.69) is 116 Å². The summed E-state index contributed by atoms with van der Waals surface area (Å²) < 4.78 is 0. The van der Waals surface area contributed by atoms with Crippen molar-refractivity contribution in [2.75, 3.05) is 6.61 Å². The van der Waals surface area contributed by atoms with Crippen molar-refractivity contribution in [3.8, 4) is 0 Å². The molecule has 0 aliphatic rings. The fourth-order valence-corrected chi connectivity index (χ4v) is 8.35. The van der Waals surface area contributed by atoms with Crippen LogP contribution < -0.4 is 5.32 Å². The lowest BCUT2D eigenvalue weighted by Gasteiger charge is -2.19. The summed E-state index contributed by atoms with van der Waals surface area (Å²) in [6, 6.07) is -0.667. The molecule has 0 saturated carbocycles. The van der Waals surface area contributed by atoms with Gasteiger partial charge in [-0.15, -0.1) is 0 Å². The number of aliphatic hydroxyl groups is 2. The van der Waals surface area contributed by atoms with E-state index in [0.717, 1.165) is 89.9 Å². The molecule has 4 nitrogen and oxygen atoms in total. The lowest BCUT2D eigenvalue weighted by Crippen LogP contribution is -2.45. The van der Waals surface area contributed by atoms with E-state index in [1.54, 1.807) is 6.08 Å². The first-order valence-electron chi connectivity index (χ1n) is 29.1. The van der Waals surface area contributed by atoms with Crippen molar-refractivity contribution >= 4 is 5.91 Å². The number of amides is 1. The van der Waals surface area contributed by atoms with Gasteiger partial charge in [0.25, 0.3) is 0 Å². The average Bonchev–Trinajstić information content (AvgIpc) is 3.34. The second-order valence-electron chi connectivity index (χ2n) is 19.3. The van der Waals surface area contributed by atoms with E-state index in [0.29, 0.717) is 6.42 Å². The standard InChI is InChI=1S/C64H111NO3/c1-3-5-7-9-11-13-15-17-19-21-23-25-27-29-30-31-32-33-34-36-37-39-41-43-45-47-49-51-53-55-57-59-63(67)62(61-66)65-64(68)60-58-56-54-52-50-48-46-44-42-40-38-35-28-26-24-22-20-18-16-14-12-10-8-6-4-2/h6,8,12,14,18,20,24,26,35,38,42,44,48-51,57,59,62-63,66-67H,3-5,7,9-11,13,15-17,19,21-23,25,27-34,36-37,39-41,43,45-47,52-56,58,60-61H2,1-2H3,(H,65,68)/b8-6-,14-12-,20-18-,26-24-,38-35-,44-42-,50-48-,51-49+,59-57+. The quantitative estimate of drug-likeness (QED) is 0.0420. The molecule has 0 radical (unpaired) electrons. The summed E-state index contributed by atoms with van der Waals surface area (Å²) in [6.45, 7) is 4.18. The molecular weight excluding hydrogens is 831 g/mol. The van der Waals surface area contributed by atoms with Crippen LogP contribution >= 0.6 is 0 Å². The Balaban J connectivity index is 3.62. The van der Waals surface area contributed by atoms with Crippen LogP contribution in [-0.4, -0.2) is 34.9 Å². The monoisotopic (exact) mass is 942 g/mol. The number of allylic oxidation sites excluding steroid dienone is 17. The Morgan fingerprint density at radius 2 is 0.662 bits per heavy atom. The summed E-state index contributed by atoms with van der Waals surface area (Å²) in [5.74, 6) is -0.108. The van der Waals surface area contributed by atoms with Crippen LogP contribution in [0.5, 0.6) is 0 Å². The molecule has 0 fully saturated rings. The summed E-state index contributed by atoms with van der Waals surface area (Å²) in [5, 5.41) is 23.1. The molecule has 0 heterocycles. The van der Waals surface area contributed by atoms with Gasteiger partial charge in [-0.3, -0.25) is 4.79 Å². The van der Waals surface area contributed by atoms with Gasteiger partial charge in [-0.25, -0.2) is 0 Å². The van der Waals surface area contributed by atoms with Gasteiger partial charge in [0.15, 0.2) is 0 Å². The van der Waals surface area contributed by atoms with Gasteiger partial charge in [-0.1, -0.05) is 284 Å². The number of nitrogens with one attached hydrogen (secondary N) is 1. The normalized spacial score (nSPS) is 13.6. The average molecular weight is 943 g/mol. The lowest BCUT2D eigenvalue weighted by atomic mass is 10.0. The number of rotatable bonds is 52. The SMILES string of the molecule is CC/C=C\C/C=C\C/C=C\C/C=C\C/C=C\C/C=C\C/C=C\CCCCCC(=O)NC(CO)C(O)/C=C/CC/C=C/CCCCCCCCCCCCCCCCCCCCCCCCCCC. The zero-order valence-corrected chi connectivity index (χ0v) is 44.8. The Bertz CT molecular complexity index is 1300. The molecule has 1 amide bonds. The minimum atomic E-state index is -0.886. The highest BCUT2D eigenvalue weighted by molar-refractivity contribution is 5.76. The van der Waals surface area contributed by atoms with Crippen LogP contribution in [0, 0.1) is 0 Å². The predicted molar refractivity (Wildman–Crippen MR) is 303 cm³/mol. The zero-order valence-electron chi connectivity index (χ0n) is 44.8. The molecule has 0 aliphatic carbocycles. The van der Waals surface area contributed by atoms with Crippen molar-refractivity contribution in [1.29, 1.82) is 0 Å². The Hall–Kier alpha value is -2.95. The molecule has 68 heavy (non-hydrogen) atoms. The third-order valence-electron chi connectivity index (χ3n) is 12.7. The van der Waals surface area contributed by atoms with E-state index in [-0.39, 0.29) is 12.5 Å². The van der Waals surface area contributed by atoms with Crippen molar-refractivity contribution in [1.82, 2.24) is 5.32 Å². The summed E-state index contributed by atoms with van der Waals surface area (Å²) in [7, 11) is 0. The van der Waals surface area contributed by atoms with Crippen LogP contribution in [0.15, 0.2) is 109 Å². The first-order valence-corrected chi connectivity index (χ1v) is 29.1. The van der Waals surface area contributed by atoms with Crippen LogP contribution in [-0.2, 0) is 4.79 Å². The number of hydrogen-bond acceptors (Lipinski definition) is 3. The van der Waals surface area contributed by atoms with E-state index in [9.17, 15) is 15.0 Å². The Morgan fingerprint density at radius 3 is 1.03 bits per heavy atom. The van der Waals surface area contributed by atoms with Crippen molar-refractivity contribution in [2.45, 2.75) is 283 Å². The molecular formula is C64H111NO3. The number of aliphatic hydroxyl groups excluding tert-OH is 2. The molecule has 0 spiro atoms. The molecule has 0 aromatic heterocycles. The third kappa shape index (κ3) is 54.0. The van der Waals surface area contributed by atoms with Crippen molar-refractivity contribution < 1.29 is 15.0 Å². The zero-order chi connectivity index (χ0) is 49.2. The summed E-state index contributed by atoms with van der Waals surface area (Å²) in [5.41, 5.74) is 0. The van der Waals surface area contributed by atoms with E-state index in [4.69, 9.17) is 0 Å². The molecule has 0 saturated heterocycles. The number of hydrogen-bond donors (Lipinski definition) is 3. The first-order chi connectivity index (χ1) is 33.7. The van der Waals surface area contributed by atoms with Crippen molar-refractivity contribution in [3.05, 3.63) is 109 Å². The van der Waals surface area contributed by atoms with Gasteiger partial charge >= 0.3 is 0 Å². The topological polar surface area (TPSA) is 69.6 Å². The van der Waals surface area contributed by atoms with Crippen molar-refractivity contribution in [3.63, 3.8) is 0 Å². The van der Waals surface area contributed by atoms with Gasteiger partial charge < -0.3 is 15.5 Å². The van der Waals surface area contributed by atoms with Crippen LogP contribution in [0.2, 0.25) is 0 Å². The van der Waals surface area contributed by atoms with Gasteiger partial charge in [0.1, 0.15) is 0 Å². The Morgan fingerprint density at radius 1 is 0.368 bits per heavy atom. The molecule has 3 N–H and O–H groups in total. The smallest absolute Gasteiger partial charge is 0.220 e. The molecule has 2 unspecified atom stereocenters. The fourth-order valence-electron chi connectivity index (χ4n) is 8.35. The number of carbonyl (C=O) groups is 1. The third-order valence-corrected chi connectivity index (χ3v) is 12.7. The molecule has 0 rings (SSSR count). The van der Waals surface area contributed by atoms with E-state index < -0.39 is 12.1 Å². The Kier molecular flexibility index (Phi) is 55.8. The van der Waals surface area contributed by atoms with Crippen molar-refractivity contribution in [2.24, 2.45) is 0 Å². The second kappa shape index (κ2) is 58.4. The van der Waals surface area contributed by atoms with E-state index in [1.165, 1.54) is 161 Å². The maximum atomic E-state index is 12.5. The van der Waals surface area contributed by atoms with E-state index in [1.807, 2.05) is 6.08 Å². The Labute approximate surface area is 423 Å². The molecule has 4 heteroatoms. The predicted octanol–water partition coefficient (Wildman–Crippen LogP) is 19.5. The highest BCUT2D eigenvalue weighted by atomic mass is 16.3. The second-order valence-corrected chi connectivity index (χ2v) is 19.3. The molecule has 0 bridgehead atoms. The van der Waals surface area contributed by atoms with Gasteiger partial charge in [0.05, 0.1) is 18.8 Å². The van der Waals surface area contributed by atoms with Crippen LogP contribution in [0.25, 0.3) is 0 Å². The fraction of sp³-hybridized carbons (Fsp3) is 0.703. The molecule has 2 atom stereocenters. The summed E-state index contributed by atoms with van der Waals surface area (Å²) in [4.78, 5) is 12.5. The highest BCUT2D eigenvalue weighted by Crippen LogP contribution is 2.16.